The van der Waals surface area contributed by atoms with Gasteiger partial charge in [-0.05, 0) is 43.4 Å². The third-order valence-electron chi connectivity index (χ3n) is 4.10. The molecule has 0 radical (unpaired) electrons. The summed E-state index contributed by atoms with van der Waals surface area (Å²) in [5.74, 6) is 0.359. The van der Waals surface area contributed by atoms with Crippen molar-refractivity contribution >= 4 is 29.1 Å². The van der Waals surface area contributed by atoms with E-state index >= 15 is 0 Å². The largest absolute Gasteiger partial charge is 0.378 e. The lowest BCUT2D eigenvalue weighted by Crippen LogP contribution is -2.25. The van der Waals surface area contributed by atoms with Crippen LogP contribution >= 0.6 is 23.2 Å². The van der Waals surface area contributed by atoms with Crippen molar-refractivity contribution in [1.29, 1.82) is 0 Å². The summed E-state index contributed by atoms with van der Waals surface area (Å²) in [7, 11) is 0. The Balaban J connectivity index is 2.03. The quantitative estimate of drug-likeness (QED) is 0.795. The smallest absolute Gasteiger partial charge is 0.216 e. The second kappa shape index (κ2) is 8.76. The van der Waals surface area contributed by atoms with Crippen LogP contribution in [0.25, 0.3) is 0 Å². The molecule has 2 rings (SSSR count). The zero-order valence-corrected chi connectivity index (χ0v) is 14.4. The molecule has 0 spiro atoms. The molecule has 122 valence electrons. The Labute approximate surface area is 142 Å². The predicted molar refractivity (Wildman–Crippen MR) is 90.7 cm³/mol. The summed E-state index contributed by atoms with van der Waals surface area (Å²) in [4.78, 5) is 10.9. The van der Waals surface area contributed by atoms with E-state index in [1.165, 1.54) is 5.56 Å². The van der Waals surface area contributed by atoms with Crippen molar-refractivity contribution in [1.82, 2.24) is 5.32 Å². The Morgan fingerprint density at radius 1 is 1.32 bits per heavy atom. The number of hydrogen-bond acceptors (Lipinski definition) is 2. The second-order valence-electron chi connectivity index (χ2n) is 5.81. The highest BCUT2D eigenvalue weighted by Gasteiger charge is 2.26. The van der Waals surface area contributed by atoms with Crippen LogP contribution in [0.2, 0.25) is 10.0 Å². The van der Waals surface area contributed by atoms with Gasteiger partial charge in [0.1, 0.15) is 0 Å². The fourth-order valence-electron chi connectivity index (χ4n) is 2.98. The number of nitrogens with one attached hydrogen (secondary N) is 1. The fourth-order valence-corrected chi connectivity index (χ4v) is 3.29. The van der Waals surface area contributed by atoms with E-state index in [1.54, 1.807) is 6.92 Å². The van der Waals surface area contributed by atoms with Crippen LogP contribution in [-0.4, -0.2) is 25.2 Å². The van der Waals surface area contributed by atoms with Crippen molar-refractivity contribution in [2.75, 3.05) is 13.2 Å². The molecule has 1 amide bonds. The van der Waals surface area contributed by atoms with Crippen LogP contribution in [0.5, 0.6) is 0 Å². The lowest BCUT2D eigenvalue weighted by atomic mass is 9.87. The van der Waals surface area contributed by atoms with E-state index in [9.17, 15) is 4.79 Å². The molecule has 0 aromatic heterocycles. The van der Waals surface area contributed by atoms with Gasteiger partial charge in [0.05, 0.1) is 16.1 Å². The number of halogens is 2. The minimum Gasteiger partial charge on any atom is -0.378 e. The van der Waals surface area contributed by atoms with Crippen molar-refractivity contribution < 1.29 is 9.53 Å². The molecule has 2 atom stereocenters. The monoisotopic (exact) mass is 343 g/mol. The highest BCUT2D eigenvalue weighted by atomic mass is 35.5. The van der Waals surface area contributed by atoms with Crippen LogP contribution in [0.4, 0.5) is 0 Å². The summed E-state index contributed by atoms with van der Waals surface area (Å²) < 4.78 is 6.06. The van der Waals surface area contributed by atoms with Gasteiger partial charge in [-0.25, -0.2) is 0 Å². The third-order valence-corrected chi connectivity index (χ3v) is 4.84. The zero-order chi connectivity index (χ0) is 15.9. The molecule has 1 aliphatic rings. The van der Waals surface area contributed by atoms with Gasteiger partial charge in [-0.1, -0.05) is 35.7 Å². The molecule has 0 bridgehead atoms. The van der Waals surface area contributed by atoms with Gasteiger partial charge in [0, 0.05) is 26.0 Å². The molecule has 1 saturated heterocycles. The Kier molecular flexibility index (Phi) is 7.00. The molecule has 22 heavy (non-hydrogen) atoms. The summed E-state index contributed by atoms with van der Waals surface area (Å²) in [6.07, 6.45) is 5.39. The third kappa shape index (κ3) is 5.15. The average Bonchev–Trinajstić information content (AvgIpc) is 2.72. The van der Waals surface area contributed by atoms with Gasteiger partial charge in [0.25, 0.3) is 0 Å². The molecule has 1 fully saturated rings. The highest BCUT2D eigenvalue weighted by molar-refractivity contribution is 6.42. The Morgan fingerprint density at radius 2 is 2.14 bits per heavy atom. The lowest BCUT2D eigenvalue weighted by molar-refractivity contribution is -0.119. The number of amides is 1. The minimum absolute atomic E-state index is 0.0165. The van der Waals surface area contributed by atoms with Crippen LogP contribution < -0.4 is 5.32 Å². The Morgan fingerprint density at radius 3 is 2.86 bits per heavy atom. The first-order valence-corrected chi connectivity index (χ1v) is 8.64. The Hall–Kier alpha value is -0.770. The van der Waals surface area contributed by atoms with E-state index in [4.69, 9.17) is 27.9 Å². The number of rotatable bonds is 5. The molecule has 0 saturated carbocycles. The van der Waals surface area contributed by atoms with Gasteiger partial charge in [0.2, 0.25) is 5.91 Å². The van der Waals surface area contributed by atoms with Crippen molar-refractivity contribution in [2.45, 2.75) is 51.0 Å². The summed E-state index contributed by atoms with van der Waals surface area (Å²) >= 11 is 12.2. The molecule has 1 unspecified atom stereocenters. The SMILES string of the molecule is CC(=O)NCCC[C@@H]1OCCCCC1c1ccc(Cl)c(Cl)c1. The maximum atomic E-state index is 10.9. The molecular weight excluding hydrogens is 321 g/mol. The first kappa shape index (κ1) is 17.6. The predicted octanol–water partition coefficient (Wildman–Crippen LogP) is 4.56. The van der Waals surface area contributed by atoms with Gasteiger partial charge >= 0.3 is 0 Å². The molecule has 0 aliphatic carbocycles. The standard InChI is InChI=1S/C17H23Cl2NO2/c1-12(21)20-9-4-6-17-14(5-2-3-10-22-17)13-7-8-15(18)16(19)11-13/h7-8,11,14,17H,2-6,9-10H2,1H3,(H,20,21)/t14?,17-/m0/s1. The number of carbonyl (C=O) groups is 1. The van der Waals surface area contributed by atoms with Crippen LogP contribution in [-0.2, 0) is 9.53 Å². The van der Waals surface area contributed by atoms with Crippen molar-refractivity contribution in [2.24, 2.45) is 0 Å². The lowest BCUT2D eigenvalue weighted by Gasteiger charge is -2.26. The number of hydrogen-bond donors (Lipinski definition) is 1. The average molecular weight is 344 g/mol. The zero-order valence-electron chi connectivity index (χ0n) is 12.9. The molecule has 1 aliphatic heterocycles. The molecule has 1 N–H and O–H groups in total. The summed E-state index contributed by atoms with van der Waals surface area (Å²) in [6.45, 7) is 3.05. The van der Waals surface area contributed by atoms with Gasteiger partial charge in [0.15, 0.2) is 0 Å². The van der Waals surface area contributed by atoms with Crippen LogP contribution in [0.3, 0.4) is 0 Å². The summed E-state index contributed by atoms with van der Waals surface area (Å²) in [5, 5.41) is 4.02. The number of benzene rings is 1. The Bertz CT molecular complexity index is 507. The van der Waals surface area contributed by atoms with Gasteiger partial charge in [-0.15, -0.1) is 0 Å². The van der Waals surface area contributed by atoms with E-state index in [1.807, 2.05) is 18.2 Å². The van der Waals surface area contributed by atoms with Crippen LogP contribution in [0.15, 0.2) is 18.2 Å². The van der Waals surface area contributed by atoms with Crippen molar-refractivity contribution in [3.63, 3.8) is 0 Å². The van der Waals surface area contributed by atoms with Crippen LogP contribution in [0, 0.1) is 0 Å². The van der Waals surface area contributed by atoms with Crippen molar-refractivity contribution in [3.8, 4) is 0 Å². The van der Waals surface area contributed by atoms with E-state index < -0.39 is 0 Å². The van der Waals surface area contributed by atoms with E-state index in [0.29, 0.717) is 22.5 Å². The van der Waals surface area contributed by atoms with E-state index in [2.05, 4.69) is 5.32 Å². The van der Waals surface area contributed by atoms with Gasteiger partial charge in [-0.3, -0.25) is 4.79 Å². The van der Waals surface area contributed by atoms with Gasteiger partial charge < -0.3 is 10.1 Å². The minimum atomic E-state index is 0.0165. The van der Waals surface area contributed by atoms with E-state index in [-0.39, 0.29) is 12.0 Å². The maximum absolute atomic E-state index is 10.9. The molecule has 1 aromatic rings. The van der Waals surface area contributed by atoms with Gasteiger partial charge in [-0.2, -0.15) is 0 Å². The molecule has 1 aromatic carbocycles. The molecular formula is C17H23Cl2NO2. The second-order valence-corrected chi connectivity index (χ2v) is 6.62. The van der Waals surface area contributed by atoms with Crippen molar-refractivity contribution in [3.05, 3.63) is 33.8 Å². The number of ether oxygens (including phenoxy) is 1. The summed E-state index contributed by atoms with van der Waals surface area (Å²) in [6, 6.07) is 5.87. The first-order chi connectivity index (χ1) is 10.6. The topological polar surface area (TPSA) is 38.3 Å². The maximum Gasteiger partial charge on any atom is 0.216 e. The highest BCUT2D eigenvalue weighted by Crippen LogP contribution is 2.35. The summed E-state index contributed by atoms with van der Waals surface area (Å²) in [5.41, 5.74) is 1.20. The fraction of sp³-hybridized carbons (Fsp3) is 0.588. The molecule has 5 heteroatoms. The first-order valence-electron chi connectivity index (χ1n) is 7.89. The normalized spacial score (nSPS) is 22.1. The number of carbonyl (C=O) groups excluding carboxylic acids is 1. The molecule has 1 heterocycles. The molecule has 3 nitrogen and oxygen atoms in total. The van der Waals surface area contributed by atoms with E-state index in [0.717, 1.165) is 38.7 Å². The van der Waals surface area contributed by atoms with Crippen LogP contribution in [0.1, 0.15) is 50.5 Å².